The molecule has 0 fully saturated rings. The van der Waals surface area contributed by atoms with Crippen LogP contribution in [0.15, 0.2) is 47.4 Å². The van der Waals surface area contributed by atoms with E-state index in [1.54, 1.807) is 49.6 Å². The number of carbonyl (C=O) groups excluding carboxylic acids is 2. The van der Waals surface area contributed by atoms with E-state index in [4.69, 9.17) is 14.7 Å². The Bertz CT molecular complexity index is 828. The van der Waals surface area contributed by atoms with Gasteiger partial charge in [-0.3, -0.25) is 9.59 Å². The second-order valence-corrected chi connectivity index (χ2v) is 6.26. The summed E-state index contributed by atoms with van der Waals surface area (Å²) >= 11 is 1.05. The lowest BCUT2D eigenvalue weighted by Crippen LogP contribution is -2.22. The molecule has 0 heterocycles. The number of methoxy groups -OCH3 is 1. The van der Waals surface area contributed by atoms with Gasteiger partial charge >= 0.3 is 5.97 Å². The first kappa shape index (κ1) is 19.3. The molecule has 0 aromatic heterocycles. The number of ether oxygens (including phenoxy) is 2. The number of thiocyanates is 1. The van der Waals surface area contributed by atoms with E-state index in [1.165, 1.54) is 0 Å². The summed E-state index contributed by atoms with van der Waals surface area (Å²) in [6, 6.07) is 12.3. The minimum atomic E-state index is -0.484. The van der Waals surface area contributed by atoms with Crippen molar-refractivity contribution < 1.29 is 19.1 Å². The standard InChI is InChI=1S/C19H18N2O4S/c1-13-9-16(26-12-20)7-8-17(13)21-18(22)11-25-19(23)10-14-3-5-15(24-2)6-4-14/h3-9H,10-11H2,1-2H3,(H,21,22). The number of hydrogen-bond acceptors (Lipinski definition) is 6. The second kappa shape index (κ2) is 9.49. The summed E-state index contributed by atoms with van der Waals surface area (Å²) in [6.45, 7) is 1.47. The largest absolute Gasteiger partial charge is 0.497 e. The molecule has 0 aliphatic heterocycles. The molecule has 0 spiro atoms. The van der Waals surface area contributed by atoms with Crippen molar-refractivity contribution in [3.8, 4) is 11.2 Å². The van der Waals surface area contributed by atoms with E-state index in [1.807, 2.05) is 12.3 Å². The average molecular weight is 370 g/mol. The quantitative estimate of drug-likeness (QED) is 0.457. The lowest BCUT2D eigenvalue weighted by molar-refractivity contribution is -0.146. The molecule has 0 aliphatic carbocycles. The molecule has 0 unspecified atom stereocenters. The molecule has 7 heteroatoms. The number of rotatable bonds is 7. The Balaban J connectivity index is 1.82. The van der Waals surface area contributed by atoms with Crippen molar-refractivity contribution in [2.45, 2.75) is 18.2 Å². The SMILES string of the molecule is COc1ccc(CC(=O)OCC(=O)Nc2ccc(SC#N)cc2C)cc1. The van der Waals surface area contributed by atoms with Crippen molar-refractivity contribution in [3.63, 3.8) is 0 Å². The lowest BCUT2D eigenvalue weighted by atomic mass is 10.1. The Morgan fingerprint density at radius 1 is 1.19 bits per heavy atom. The number of esters is 1. The number of hydrogen-bond donors (Lipinski definition) is 1. The van der Waals surface area contributed by atoms with Crippen LogP contribution in [0, 0.1) is 17.6 Å². The maximum Gasteiger partial charge on any atom is 0.310 e. The Labute approximate surface area is 156 Å². The van der Waals surface area contributed by atoms with Gasteiger partial charge in [0.15, 0.2) is 6.61 Å². The normalized spacial score (nSPS) is 9.88. The molecular formula is C19H18N2O4S. The molecule has 26 heavy (non-hydrogen) atoms. The maximum absolute atomic E-state index is 12.0. The van der Waals surface area contributed by atoms with Crippen molar-refractivity contribution in [1.29, 1.82) is 5.26 Å². The van der Waals surface area contributed by atoms with Crippen molar-refractivity contribution in [2.75, 3.05) is 19.0 Å². The zero-order chi connectivity index (χ0) is 18.9. The van der Waals surface area contributed by atoms with E-state index in [0.717, 1.165) is 27.8 Å². The van der Waals surface area contributed by atoms with Crippen LogP contribution < -0.4 is 10.1 Å². The fourth-order valence-corrected chi connectivity index (χ4v) is 2.66. The van der Waals surface area contributed by atoms with Gasteiger partial charge in [0.1, 0.15) is 11.2 Å². The van der Waals surface area contributed by atoms with Gasteiger partial charge in [-0.25, -0.2) is 0 Å². The fourth-order valence-electron chi connectivity index (χ4n) is 2.19. The highest BCUT2D eigenvalue weighted by Gasteiger charge is 2.10. The van der Waals surface area contributed by atoms with Gasteiger partial charge in [0.05, 0.1) is 13.5 Å². The van der Waals surface area contributed by atoms with Crippen LogP contribution in [0.5, 0.6) is 5.75 Å². The van der Waals surface area contributed by atoms with Crippen LogP contribution in [-0.2, 0) is 20.7 Å². The van der Waals surface area contributed by atoms with Gasteiger partial charge in [-0.1, -0.05) is 12.1 Å². The zero-order valence-electron chi connectivity index (χ0n) is 14.4. The van der Waals surface area contributed by atoms with Crippen molar-refractivity contribution in [1.82, 2.24) is 0 Å². The molecule has 0 aliphatic rings. The van der Waals surface area contributed by atoms with Gasteiger partial charge in [-0.2, -0.15) is 5.26 Å². The molecule has 6 nitrogen and oxygen atoms in total. The number of benzene rings is 2. The average Bonchev–Trinajstić information content (AvgIpc) is 2.63. The number of amides is 1. The lowest BCUT2D eigenvalue weighted by Gasteiger charge is -2.10. The fraction of sp³-hybridized carbons (Fsp3) is 0.211. The predicted octanol–water partition coefficient (Wildman–Crippen LogP) is 3.30. The van der Waals surface area contributed by atoms with Crippen LogP contribution in [0.4, 0.5) is 5.69 Å². The van der Waals surface area contributed by atoms with E-state index < -0.39 is 11.9 Å². The molecule has 2 rings (SSSR count). The van der Waals surface area contributed by atoms with Crippen LogP contribution in [0.2, 0.25) is 0 Å². The molecule has 1 amide bonds. The number of anilines is 1. The van der Waals surface area contributed by atoms with Gasteiger partial charge in [0.25, 0.3) is 5.91 Å². The summed E-state index contributed by atoms with van der Waals surface area (Å²) in [5.41, 5.74) is 2.21. The topological polar surface area (TPSA) is 88.4 Å². The highest BCUT2D eigenvalue weighted by molar-refractivity contribution is 8.03. The Morgan fingerprint density at radius 3 is 2.54 bits per heavy atom. The Hall–Kier alpha value is -2.98. The summed E-state index contributed by atoms with van der Waals surface area (Å²) in [4.78, 5) is 24.6. The van der Waals surface area contributed by atoms with E-state index in [2.05, 4.69) is 5.32 Å². The molecule has 134 valence electrons. The highest BCUT2D eigenvalue weighted by Crippen LogP contribution is 2.23. The van der Waals surface area contributed by atoms with Crippen molar-refractivity contribution >= 4 is 29.3 Å². The summed E-state index contributed by atoms with van der Waals surface area (Å²) in [5.74, 6) is -0.198. The smallest absolute Gasteiger partial charge is 0.310 e. The van der Waals surface area contributed by atoms with Crippen LogP contribution in [0.3, 0.4) is 0 Å². The van der Waals surface area contributed by atoms with Crippen LogP contribution in [0.25, 0.3) is 0 Å². The van der Waals surface area contributed by atoms with E-state index in [-0.39, 0.29) is 13.0 Å². The molecule has 2 aromatic carbocycles. The third-order valence-corrected chi connectivity index (χ3v) is 4.09. The second-order valence-electron chi connectivity index (χ2n) is 5.40. The summed E-state index contributed by atoms with van der Waals surface area (Å²) < 4.78 is 10.1. The third kappa shape index (κ3) is 5.83. The number of nitrogens with zero attached hydrogens (tertiary/aromatic N) is 1. The number of nitrogens with one attached hydrogen (secondary N) is 1. The van der Waals surface area contributed by atoms with Crippen LogP contribution >= 0.6 is 11.8 Å². The predicted molar refractivity (Wildman–Crippen MR) is 98.9 cm³/mol. The highest BCUT2D eigenvalue weighted by atomic mass is 32.2. The first-order valence-electron chi connectivity index (χ1n) is 7.77. The molecule has 2 aromatic rings. The molecule has 1 N–H and O–H groups in total. The Morgan fingerprint density at radius 2 is 1.92 bits per heavy atom. The number of thioether (sulfide) groups is 1. The van der Waals surface area contributed by atoms with Crippen LogP contribution in [0.1, 0.15) is 11.1 Å². The number of nitriles is 1. The third-order valence-electron chi connectivity index (χ3n) is 3.51. The van der Waals surface area contributed by atoms with Crippen molar-refractivity contribution in [2.24, 2.45) is 0 Å². The molecule has 0 radical (unpaired) electrons. The first-order valence-corrected chi connectivity index (χ1v) is 8.58. The van der Waals surface area contributed by atoms with Gasteiger partial charge < -0.3 is 14.8 Å². The zero-order valence-corrected chi connectivity index (χ0v) is 15.3. The summed E-state index contributed by atoms with van der Waals surface area (Å²) in [6.07, 6.45) is 0.0797. The first-order chi connectivity index (χ1) is 12.5. The summed E-state index contributed by atoms with van der Waals surface area (Å²) in [7, 11) is 1.57. The van der Waals surface area contributed by atoms with E-state index in [0.29, 0.717) is 11.4 Å². The molecule has 0 saturated carbocycles. The molecule has 0 atom stereocenters. The minimum Gasteiger partial charge on any atom is -0.497 e. The number of carbonyl (C=O) groups is 2. The van der Waals surface area contributed by atoms with Gasteiger partial charge in [-0.15, -0.1) is 0 Å². The van der Waals surface area contributed by atoms with Gasteiger partial charge in [0, 0.05) is 10.6 Å². The number of aryl methyl sites for hydroxylation is 1. The Kier molecular flexibility index (Phi) is 7.06. The molecular weight excluding hydrogens is 352 g/mol. The van der Waals surface area contributed by atoms with Gasteiger partial charge in [-0.05, 0) is 60.1 Å². The summed E-state index contributed by atoms with van der Waals surface area (Å²) in [5, 5.41) is 13.4. The van der Waals surface area contributed by atoms with E-state index >= 15 is 0 Å². The maximum atomic E-state index is 12.0. The van der Waals surface area contributed by atoms with Crippen molar-refractivity contribution in [3.05, 3.63) is 53.6 Å². The monoisotopic (exact) mass is 370 g/mol. The molecule has 0 saturated heterocycles. The van der Waals surface area contributed by atoms with Crippen LogP contribution in [-0.4, -0.2) is 25.6 Å². The minimum absolute atomic E-state index is 0.0797. The van der Waals surface area contributed by atoms with Gasteiger partial charge in [0.2, 0.25) is 0 Å². The van der Waals surface area contributed by atoms with E-state index in [9.17, 15) is 9.59 Å². The molecule has 0 bridgehead atoms.